The van der Waals surface area contributed by atoms with Crippen LogP contribution in [0, 0.1) is 6.92 Å². The predicted molar refractivity (Wildman–Crippen MR) is 122 cm³/mol. The quantitative estimate of drug-likeness (QED) is 0.635. The Bertz CT molecular complexity index is 1140. The van der Waals surface area contributed by atoms with Crippen LogP contribution in [0.5, 0.6) is 0 Å². The molecule has 1 aromatic carbocycles. The molecule has 2 radical (unpaired) electrons. The molecule has 9 heteroatoms. The molecular weight excluding hydrogens is 417 g/mol. The molecule has 2 aromatic rings. The Balaban J connectivity index is 1.70. The molecule has 2 aliphatic rings. The number of amides is 2. The molecule has 1 aromatic heterocycles. The van der Waals surface area contributed by atoms with E-state index in [9.17, 15) is 14.1 Å². The summed E-state index contributed by atoms with van der Waals surface area (Å²) in [7, 11) is 2.42. The SMILES string of the molecule is [B]c1cc(C(C)(C)O)sc1S(N)(=O)=NC(=O)Nc1c2c(c(C)c3c1CCC3)CCC2. The summed E-state index contributed by atoms with van der Waals surface area (Å²) in [5.74, 6) is 0. The number of urea groups is 1. The number of anilines is 1. The number of carbonyl (C=O) groups excluding carboxylic acids is 1. The van der Waals surface area contributed by atoms with Crippen LogP contribution in [0.25, 0.3) is 0 Å². The van der Waals surface area contributed by atoms with Crippen molar-refractivity contribution in [2.45, 2.75) is 69.1 Å². The fraction of sp³-hybridized carbons (Fsp3) is 0.476. The Morgan fingerprint density at radius 3 is 2.23 bits per heavy atom. The van der Waals surface area contributed by atoms with E-state index in [1.54, 1.807) is 13.8 Å². The molecular formula is C21H26BN3O3S2. The summed E-state index contributed by atoms with van der Waals surface area (Å²) in [6, 6.07) is 0.798. The lowest BCUT2D eigenvalue weighted by Crippen LogP contribution is -2.22. The lowest BCUT2D eigenvalue weighted by molar-refractivity contribution is 0.0826. The van der Waals surface area contributed by atoms with Crippen LogP contribution in [-0.4, -0.2) is 23.2 Å². The summed E-state index contributed by atoms with van der Waals surface area (Å²) in [4.78, 5) is 13.3. The van der Waals surface area contributed by atoms with Crippen LogP contribution in [0.4, 0.5) is 10.5 Å². The van der Waals surface area contributed by atoms with Crippen LogP contribution in [-0.2, 0) is 41.2 Å². The zero-order chi connectivity index (χ0) is 21.8. The van der Waals surface area contributed by atoms with Crippen molar-refractivity contribution in [3.63, 3.8) is 0 Å². The lowest BCUT2D eigenvalue weighted by Gasteiger charge is -2.18. The van der Waals surface area contributed by atoms with E-state index >= 15 is 0 Å². The first-order chi connectivity index (χ1) is 14.0. The normalized spacial score (nSPS) is 17.4. The molecule has 0 saturated carbocycles. The van der Waals surface area contributed by atoms with Crippen LogP contribution in [0.15, 0.2) is 14.6 Å². The molecule has 1 unspecified atom stereocenters. The number of carbonyl (C=O) groups is 1. The van der Waals surface area contributed by atoms with Crippen molar-refractivity contribution in [1.82, 2.24) is 0 Å². The topological polar surface area (TPSA) is 105 Å². The summed E-state index contributed by atoms with van der Waals surface area (Å²) < 4.78 is 17.0. The van der Waals surface area contributed by atoms with Gasteiger partial charge in [0.2, 0.25) is 0 Å². The van der Waals surface area contributed by atoms with E-state index in [1.165, 1.54) is 33.9 Å². The highest BCUT2D eigenvalue weighted by Gasteiger charge is 2.28. The highest BCUT2D eigenvalue weighted by atomic mass is 32.2. The molecule has 0 saturated heterocycles. The van der Waals surface area contributed by atoms with Crippen LogP contribution in [0.3, 0.4) is 0 Å². The minimum Gasteiger partial charge on any atom is -0.385 e. The second-order valence-corrected chi connectivity index (χ2v) is 11.7. The van der Waals surface area contributed by atoms with Crippen LogP contribution < -0.4 is 15.9 Å². The molecule has 0 spiro atoms. The summed E-state index contributed by atoms with van der Waals surface area (Å²) in [6.45, 7) is 5.38. The van der Waals surface area contributed by atoms with E-state index in [2.05, 4.69) is 16.6 Å². The molecule has 0 aliphatic heterocycles. The summed E-state index contributed by atoms with van der Waals surface area (Å²) in [5, 5.41) is 19.0. The van der Waals surface area contributed by atoms with E-state index in [-0.39, 0.29) is 9.67 Å². The molecule has 30 heavy (non-hydrogen) atoms. The predicted octanol–water partition coefficient (Wildman–Crippen LogP) is 2.99. The van der Waals surface area contributed by atoms with Gasteiger partial charge in [0.25, 0.3) is 0 Å². The van der Waals surface area contributed by atoms with Gasteiger partial charge < -0.3 is 10.4 Å². The second-order valence-electron chi connectivity index (χ2n) is 8.62. The average molecular weight is 443 g/mol. The van der Waals surface area contributed by atoms with E-state index in [4.69, 9.17) is 13.0 Å². The van der Waals surface area contributed by atoms with Crippen LogP contribution >= 0.6 is 11.3 Å². The number of nitrogens with zero attached hydrogens (tertiary/aromatic N) is 1. The van der Waals surface area contributed by atoms with Crippen LogP contribution in [0.2, 0.25) is 0 Å². The molecule has 0 fully saturated rings. The first-order valence-electron chi connectivity index (χ1n) is 10.1. The van der Waals surface area contributed by atoms with Crippen molar-refractivity contribution in [2.24, 2.45) is 9.50 Å². The summed E-state index contributed by atoms with van der Waals surface area (Å²) in [5.41, 5.74) is 6.23. The molecule has 2 aliphatic carbocycles. The highest BCUT2D eigenvalue weighted by molar-refractivity contribution is 7.94. The average Bonchev–Trinajstić information content (AvgIpc) is 3.36. The van der Waals surface area contributed by atoms with Gasteiger partial charge in [0.05, 0.1) is 5.60 Å². The van der Waals surface area contributed by atoms with Gasteiger partial charge in [-0.1, -0.05) is 11.5 Å². The van der Waals surface area contributed by atoms with E-state index < -0.39 is 21.5 Å². The number of nitrogens with one attached hydrogen (secondary N) is 1. The number of fused-ring (bicyclic) bond motifs is 2. The maximum absolute atomic E-state index is 13.1. The molecule has 0 bridgehead atoms. The van der Waals surface area contributed by atoms with Gasteiger partial charge in [-0.25, -0.2) is 14.1 Å². The number of hydrogen-bond acceptors (Lipinski definition) is 4. The second kappa shape index (κ2) is 7.48. The van der Waals surface area contributed by atoms with Gasteiger partial charge in [-0.05, 0) is 87.1 Å². The van der Waals surface area contributed by atoms with Crippen molar-refractivity contribution in [2.75, 3.05) is 5.32 Å². The number of rotatable bonds is 3. The smallest absolute Gasteiger partial charge is 0.354 e. The van der Waals surface area contributed by atoms with Crippen molar-refractivity contribution in [3.05, 3.63) is 38.8 Å². The first kappa shape index (κ1) is 21.6. The molecule has 1 heterocycles. The third-order valence-electron chi connectivity index (χ3n) is 5.99. The fourth-order valence-corrected chi connectivity index (χ4v) is 7.04. The van der Waals surface area contributed by atoms with E-state index in [1.807, 2.05) is 0 Å². The molecule has 1 atom stereocenters. The highest BCUT2D eigenvalue weighted by Crippen LogP contribution is 2.41. The number of thiophene rings is 1. The fourth-order valence-electron chi connectivity index (χ4n) is 4.59. The van der Waals surface area contributed by atoms with Crippen molar-refractivity contribution in [1.29, 1.82) is 0 Å². The minimum atomic E-state index is -3.54. The Labute approximate surface area is 183 Å². The third kappa shape index (κ3) is 3.72. The zero-order valence-corrected chi connectivity index (χ0v) is 19.1. The monoisotopic (exact) mass is 443 g/mol. The number of nitrogens with two attached hydrogens (primary N) is 1. The van der Waals surface area contributed by atoms with Gasteiger partial charge in [-0.15, -0.1) is 15.7 Å². The molecule has 4 N–H and O–H groups in total. The van der Waals surface area contributed by atoms with Gasteiger partial charge in [0, 0.05) is 10.6 Å². The lowest BCUT2D eigenvalue weighted by atomic mass is 9.93. The third-order valence-corrected chi connectivity index (χ3v) is 9.42. The van der Waals surface area contributed by atoms with Gasteiger partial charge in [0.15, 0.2) is 9.92 Å². The van der Waals surface area contributed by atoms with Gasteiger partial charge in [-0.2, -0.15) is 0 Å². The van der Waals surface area contributed by atoms with Crippen molar-refractivity contribution in [3.8, 4) is 0 Å². The first-order valence-corrected chi connectivity index (χ1v) is 12.5. The Kier molecular flexibility index (Phi) is 5.37. The molecule has 158 valence electrons. The molecule has 2 amide bonds. The number of hydrogen-bond donors (Lipinski definition) is 3. The van der Waals surface area contributed by atoms with Crippen LogP contribution in [0.1, 0.15) is 59.4 Å². The minimum absolute atomic E-state index is 0.106. The molecule has 4 rings (SSSR count). The Morgan fingerprint density at radius 1 is 1.20 bits per heavy atom. The van der Waals surface area contributed by atoms with Gasteiger partial charge >= 0.3 is 6.03 Å². The molecule has 6 nitrogen and oxygen atoms in total. The maximum Gasteiger partial charge on any atom is 0.354 e. The number of aliphatic hydroxyl groups is 1. The largest absolute Gasteiger partial charge is 0.385 e. The standard InChI is InChI=1S/C21H26BN3O3S2/c1-11-12-6-4-8-14(12)18(15-9-5-7-13(11)15)24-20(26)25-30(23,28)19-16(22)10-17(29-19)21(2,3)27/h10,27H,4-9H2,1-3H3,(H3,23,24,25,26,28). The van der Waals surface area contributed by atoms with Crippen molar-refractivity contribution < 1.29 is 14.1 Å². The summed E-state index contributed by atoms with van der Waals surface area (Å²) >= 11 is 1.01. The Hall–Kier alpha value is -1.68. The Morgan fingerprint density at radius 2 is 1.73 bits per heavy atom. The number of benzene rings is 1. The maximum atomic E-state index is 13.1. The van der Waals surface area contributed by atoms with Gasteiger partial charge in [0.1, 0.15) is 12.1 Å². The summed E-state index contributed by atoms with van der Waals surface area (Å²) in [6.07, 6.45) is 6.02. The van der Waals surface area contributed by atoms with Gasteiger partial charge in [-0.3, -0.25) is 0 Å². The van der Waals surface area contributed by atoms with E-state index in [0.29, 0.717) is 4.88 Å². The zero-order valence-electron chi connectivity index (χ0n) is 17.5. The van der Waals surface area contributed by atoms with Crippen molar-refractivity contribution >= 4 is 46.3 Å². The van der Waals surface area contributed by atoms with E-state index in [0.717, 1.165) is 55.5 Å².